The number of rotatable bonds is 1. The minimum atomic E-state index is 0.655. The van der Waals surface area contributed by atoms with E-state index in [1.54, 1.807) is 0 Å². The summed E-state index contributed by atoms with van der Waals surface area (Å²) in [6.07, 6.45) is 0. The van der Waals surface area contributed by atoms with Crippen molar-refractivity contribution in [2.75, 3.05) is 0 Å². The topological polar surface area (TPSA) is 26.0 Å². The van der Waals surface area contributed by atoms with Crippen molar-refractivity contribution in [1.29, 1.82) is 0 Å². The zero-order valence-corrected chi connectivity index (χ0v) is 7.59. The fourth-order valence-electron chi connectivity index (χ4n) is 0.724. The largest absolute Gasteiger partial charge is 0.326 e. The average Bonchev–Trinajstić information content (AvgIpc) is 1.90. The summed E-state index contributed by atoms with van der Waals surface area (Å²) in [4.78, 5) is 0. The van der Waals surface area contributed by atoms with Gasteiger partial charge >= 0.3 is 0 Å². The van der Waals surface area contributed by atoms with Gasteiger partial charge in [-0.2, -0.15) is 0 Å². The number of hydrogen-bond acceptors (Lipinski definition) is 1. The smallest absolute Gasteiger partial charge is 0.0384 e. The van der Waals surface area contributed by atoms with Gasteiger partial charge in [-0.1, -0.05) is 29.5 Å². The molecule has 2 N–H and O–H groups in total. The Morgan fingerprint density at radius 1 is 1.22 bits per heavy atom. The summed E-state index contributed by atoms with van der Waals surface area (Å²) in [5, 5.41) is 1.42. The van der Waals surface area contributed by atoms with Gasteiger partial charge in [0.15, 0.2) is 0 Å². The molecule has 1 rings (SSSR count). The quantitative estimate of drug-likeness (QED) is 0.501. The van der Waals surface area contributed by atoms with Gasteiger partial charge in [0.2, 0.25) is 0 Å². The molecule has 0 aliphatic rings. The fraction of sp³-hybridized carbons (Fsp3) is 0.143. The third-order valence-electron chi connectivity index (χ3n) is 1.36. The molecule has 0 aliphatic heterocycles. The van der Waals surface area contributed by atoms with Crippen LogP contribution in [0.2, 0.25) is 0 Å². The second kappa shape index (κ2) is 2.80. The fourth-order valence-corrected chi connectivity index (χ4v) is 1.06. The molecule has 48 valence electrons. The highest BCUT2D eigenvalue weighted by Crippen LogP contribution is 1.92. The van der Waals surface area contributed by atoms with E-state index in [2.05, 4.69) is 24.3 Å². The third kappa shape index (κ3) is 1.66. The summed E-state index contributed by atoms with van der Waals surface area (Å²) in [5.74, 6) is 0. The molecule has 0 heterocycles. The lowest BCUT2D eigenvalue weighted by Gasteiger charge is -1.94. The van der Waals surface area contributed by atoms with Crippen LogP contribution in [-0.2, 0) is 6.54 Å². The third-order valence-corrected chi connectivity index (χ3v) is 2.02. The van der Waals surface area contributed by atoms with E-state index in [4.69, 9.17) is 5.73 Å². The summed E-state index contributed by atoms with van der Waals surface area (Å²) >= 11 is 0. The zero-order valence-electron chi connectivity index (χ0n) is 5.59. The van der Waals surface area contributed by atoms with E-state index in [9.17, 15) is 0 Å². The second-order valence-corrected chi connectivity index (χ2v) is 3.34. The Bertz CT molecular complexity index is 181. The first-order valence-electron chi connectivity index (χ1n) is 3.08. The second-order valence-electron chi connectivity index (χ2n) is 2.19. The maximum atomic E-state index is 5.41. The lowest BCUT2D eigenvalue weighted by atomic mass is 10.2. The van der Waals surface area contributed by atoms with Crippen LogP contribution in [0.4, 0.5) is 0 Å². The van der Waals surface area contributed by atoms with Crippen LogP contribution in [-0.4, -0.2) is 10.2 Å². The molecule has 0 spiro atoms. The summed E-state index contributed by atoms with van der Waals surface area (Å²) in [6, 6.07) is 8.44. The predicted octanol–water partition coefficient (Wildman–Crippen LogP) is -0.864. The molecule has 1 aromatic carbocycles. The van der Waals surface area contributed by atoms with Crippen LogP contribution in [0.15, 0.2) is 24.3 Å². The van der Waals surface area contributed by atoms with E-state index in [1.165, 1.54) is 10.8 Å². The highest BCUT2D eigenvalue weighted by Gasteiger charge is 1.84. The molecular formula is C7H11NSi. The van der Waals surface area contributed by atoms with Gasteiger partial charge in [-0.15, -0.1) is 0 Å². The van der Waals surface area contributed by atoms with Crippen LogP contribution in [0.3, 0.4) is 0 Å². The molecule has 1 aromatic rings. The first-order chi connectivity index (χ1) is 4.33. The number of nitrogens with two attached hydrogens (primary N) is 1. The molecule has 0 aromatic heterocycles. The molecule has 0 bridgehead atoms. The van der Waals surface area contributed by atoms with Gasteiger partial charge in [0.1, 0.15) is 0 Å². The Morgan fingerprint density at radius 2 is 1.78 bits per heavy atom. The SMILES string of the molecule is NCc1ccc([SiH3])cc1. The zero-order chi connectivity index (χ0) is 6.69. The Labute approximate surface area is 58.3 Å². The molecule has 0 aliphatic carbocycles. The molecule has 2 heteroatoms. The van der Waals surface area contributed by atoms with E-state index in [-0.39, 0.29) is 0 Å². The van der Waals surface area contributed by atoms with Crippen molar-refractivity contribution in [2.24, 2.45) is 5.73 Å². The Morgan fingerprint density at radius 3 is 2.22 bits per heavy atom. The van der Waals surface area contributed by atoms with Crippen LogP contribution in [0.5, 0.6) is 0 Å². The Hall–Kier alpha value is -0.603. The van der Waals surface area contributed by atoms with Gasteiger partial charge in [-0.05, 0) is 5.56 Å². The van der Waals surface area contributed by atoms with E-state index >= 15 is 0 Å². The molecule has 0 unspecified atom stereocenters. The number of benzene rings is 1. The van der Waals surface area contributed by atoms with Gasteiger partial charge in [0, 0.05) is 16.8 Å². The Kier molecular flexibility index (Phi) is 2.03. The van der Waals surface area contributed by atoms with Crippen LogP contribution < -0.4 is 10.9 Å². The number of hydrogen-bond donors (Lipinski definition) is 1. The van der Waals surface area contributed by atoms with E-state index in [0.717, 1.165) is 10.2 Å². The maximum Gasteiger partial charge on any atom is 0.0384 e. The van der Waals surface area contributed by atoms with Crippen LogP contribution in [0.1, 0.15) is 5.56 Å². The average molecular weight is 137 g/mol. The van der Waals surface area contributed by atoms with Crippen molar-refractivity contribution in [1.82, 2.24) is 0 Å². The summed E-state index contributed by atoms with van der Waals surface area (Å²) in [7, 11) is 1.13. The van der Waals surface area contributed by atoms with Crippen molar-refractivity contribution in [2.45, 2.75) is 6.54 Å². The van der Waals surface area contributed by atoms with Gasteiger partial charge < -0.3 is 5.73 Å². The molecule has 1 nitrogen and oxygen atoms in total. The first-order valence-corrected chi connectivity index (χ1v) is 4.08. The van der Waals surface area contributed by atoms with Gasteiger partial charge in [-0.3, -0.25) is 0 Å². The van der Waals surface area contributed by atoms with Crippen molar-refractivity contribution < 1.29 is 0 Å². The maximum absolute atomic E-state index is 5.41. The molecule has 0 saturated heterocycles. The summed E-state index contributed by atoms with van der Waals surface area (Å²) in [6.45, 7) is 0.655. The van der Waals surface area contributed by atoms with Crippen molar-refractivity contribution in [3.8, 4) is 0 Å². The summed E-state index contributed by atoms with van der Waals surface area (Å²) < 4.78 is 0. The minimum Gasteiger partial charge on any atom is -0.326 e. The van der Waals surface area contributed by atoms with E-state index in [0.29, 0.717) is 6.54 Å². The molecule has 0 amide bonds. The molecule has 0 atom stereocenters. The molecule has 0 saturated carbocycles. The van der Waals surface area contributed by atoms with Crippen LogP contribution in [0.25, 0.3) is 0 Å². The molecule has 0 radical (unpaired) electrons. The highest BCUT2D eigenvalue weighted by molar-refractivity contribution is 6.32. The first kappa shape index (κ1) is 6.52. The van der Waals surface area contributed by atoms with Crippen molar-refractivity contribution in [3.05, 3.63) is 29.8 Å². The van der Waals surface area contributed by atoms with Gasteiger partial charge in [0.05, 0.1) is 0 Å². The van der Waals surface area contributed by atoms with Crippen LogP contribution >= 0.6 is 0 Å². The Balaban J connectivity index is 2.88. The molecule has 0 fully saturated rings. The standard InChI is InChI=1S/C7H11NSi/c8-5-6-1-3-7(9)4-2-6/h1-4H,5,8H2,9H3. The van der Waals surface area contributed by atoms with Gasteiger partial charge in [0.25, 0.3) is 0 Å². The molecule has 9 heavy (non-hydrogen) atoms. The normalized spacial score (nSPS) is 9.89. The van der Waals surface area contributed by atoms with Gasteiger partial charge in [-0.25, -0.2) is 0 Å². The van der Waals surface area contributed by atoms with Crippen molar-refractivity contribution in [3.63, 3.8) is 0 Å². The van der Waals surface area contributed by atoms with Crippen molar-refractivity contribution >= 4 is 15.4 Å². The van der Waals surface area contributed by atoms with E-state index in [1.807, 2.05) is 0 Å². The predicted molar refractivity (Wildman–Crippen MR) is 43.9 cm³/mol. The minimum absolute atomic E-state index is 0.655. The lowest BCUT2D eigenvalue weighted by Crippen LogP contribution is -2.02. The van der Waals surface area contributed by atoms with E-state index < -0.39 is 0 Å². The summed E-state index contributed by atoms with van der Waals surface area (Å²) in [5.41, 5.74) is 6.63. The monoisotopic (exact) mass is 137 g/mol. The van der Waals surface area contributed by atoms with Crippen LogP contribution in [0, 0.1) is 0 Å². The molecular weight excluding hydrogens is 126 g/mol. The highest BCUT2D eigenvalue weighted by atomic mass is 28.1. The lowest BCUT2D eigenvalue weighted by molar-refractivity contribution is 1.07.